The van der Waals surface area contributed by atoms with Crippen LogP contribution < -0.4 is 5.56 Å². The number of carbonyl (C=O) groups excluding carboxylic acids is 1. The minimum Gasteiger partial charge on any atom is -0.480 e. The van der Waals surface area contributed by atoms with Crippen molar-refractivity contribution in [1.82, 2.24) is 15.1 Å². The summed E-state index contributed by atoms with van der Waals surface area (Å²) in [4.78, 5) is 36.0. The van der Waals surface area contributed by atoms with Gasteiger partial charge in [-0.1, -0.05) is 13.3 Å². The largest absolute Gasteiger partial charge is 0.480 e. The molecule has 1 aliphatic heterocycles. The summed E-state index contributed by atoms with van der Waals surface area (Å²) in [5, 5.41) is 14.9. The smallest absolute Gasteiger partial charge is 0.327 e. The van der Waals surface area contributed by atoms with Gasteiger partial charge in [0.15, 0.2) is 0 Å². The van der Waals surface area contributed by atoms with Gasteiger partial charge in [0.25, 0.3) is 11.5 Å². The maximum absolute atomic E-state index is 12.4. The molecule has 0 aliphatic carbocycles. The monoisotopic (exact) mass is 297 g/mol. The van der Waals surface area contributed by atoms with E-state index in [9.17, 15) is 19.5 Å². The summed E-state index contributed by atoms with van der Waals surface area (Å²) in [5.41, 5.74) is -0.350. The van der Waals surface area contributed by atoms with Crippen molar-refractivity contribution in [3.05, 3.63) is 28.2 Å². The van der Waals surface area contributed by atoms with E-state index in [0.29, 0.717) is 5.75 Å². The maximum Gasteiger partial charge on any atom is 0.327 e. The van der Waals surface area contributed by atoms with Gasteiger partial charge in [0.1, 0.15) is 11.7 Å². The summed E-state index contributed by atoms with van der Waals surface area (Å²) in [6.45, 7) is 1.98. The number of nitrogens with zero attached hydrogens (tertiary/aromatic N) is 2. The lowest BCUT2D eigenvalue weighted by Gasteiger charge is -2.26. The van der Waals surface area contributed by atoms with Gasteiger partial charge in [-0.25, -0.2) is 9.89 Å². The molecule has 2 heterocycles. The number of rotatable bonds is 4. The third kappa shape index (κ3) is 2.84. The lowest BCUT2D eigenvalue weighted by molar-refractivity contribution is -0.141. The molecule has 1 amide bonds. The van der Waals surface area contributed by atoms with Crippen LogP contribution in [0.5, 0.6) is 0 Å². The standard InChI is InChI=1S/C12H15N3O4S/c1-2-3-10-15(8(6-20-10)12(18)19)11(17)7-4-5-9(16)14-13-7/h4-5,8,10H,2-3,6H2,1H3,(H,14,16)(H,18,19). The average molecular weight is 297 g/mol. The fourth-order valence-corrected chi connectivity index (χ4v) is 3.60. The molecule has 1 aromatic rings. The van der Waals surface area contributed by atoms with E-state index in [1.807, 2.05) is 6.92 Å². The van der Waals surface area contributed by atoms with Gasteiger partial charge in [-0.2, -0.15) is 5.10 Å². The highest BCUT2D eigenvalue weighted by molar-refractivity contribution is 8.00. The van der Waals surface area contributed by atoms with Crippen molar-refractivity contribution >= 4 is 23.6 Å². The Morgan fingerprint density at radius 3 is 2.85 bits per heavy atom. The molecule has 0 aromatic carbocycles. The quantitative estimate of drug-likeness (QED) is 0.840. The minimum absolute atomic E-state index is 0.0550. The van der Waals surface area contributed by atoms with E-state index in [2.05, 4.69) is 10.2 Å². The van der Waals surface area contributed by atoms with Crippen molar-refractivity contribution < 1.29 is 14.7 Å². The molecule has 2 atom stereocenters. The summed E-state index contributed by atoms with van der Waals surface area (Å²) in [6, 6.07) is 1.66. The molecule has 1 saturated heterocycles. The molecule has 0 bridgehead atoms. The van der Waals surface area contributed by atoms with Crippen LogP contribution >= 0.6 is 11.8 Å². The van der Waals surface area contributed by atoms with Crippen LogP contribution in [0, 0.1) is 0 Å². The van der Waals surface area contributed by atoms with E-state index in [4.69, 9.17) is 0 Å². The highest BCUT2D eigenvalue weighted by Crippen LogP contribution is 2.33. The van der Waals surface area contributed by atoms with E-state index in [1.165, 1.54) is 28.8 Å². The van der Waals surface area contributed by atoms with E-state index in [0.717, 1.165) is 12.8 Å². The SMILES string of the molecule is CCCC1SCC(C(=O)O)N1C(=O)c1ccc(=O)[nH]n1. The van der Waals surface area contributed by atoms with Crippen LogP contribution in [0.4, 0.5) is 0 Å². The molecule has 8 heteroatoms. The average Bonchev–Trinajstić information content (AvgIpc) is 2.83. The number of carbonyl (C=O) groups is 2. The van der Waals surface area contributed by atoms with Gasteiger partial charge in [0.05, 0.1) is 5.37 Å². The van der Waals surface area contributed by atoms with Gasteiger partial charge in [0.2, 0.25) is 0 Å². The van der Waals surface area contributed by atoms with Crippen molar-refractivity contribution in [1.29, 1.82) is 0 Å². The Labute approximate surface area is 119 Å². The second kappa shape index (κ2) is 6.08. The number of carboxylic acid groups (broad SMARTS) is 1. The Kier molecular flexibility index (Phi) is 4.43. The number of aromatic amines is 1. The fourth-order valence-electron chi connectivity index (χ4n) is 2.09. The fraction of sp³-hybridized carbons (Fsp3) is 0.500. The Hall–Kier alpha value is -1.83. The molecule has 2 unspecified atom stereocenters. The van der Waals surface area contributed by atoms with E-state index < -0.39 is 23.5 Å². The molecule has 108 valence electrons. The number of hydrogen-bond donors (Lipinski definition) is 2. The lowest BCUT2D eigenvalue weighted by Crippen LogP contribution is -2.46. The van der Waals surface area contributed by atoms with E-state index >= 15 is 0 Å². The second-order valence-corrected chi connectivity index (χ2v) is 5.66. The highest BCUT2D eigenvalue weighted by atomic mass is 32.2. The topological polar surface area (TPSA) is 103 Å². The first-order valence-corrected chi connectivity index (χ1v) is 7.32. The Morgan fingerprint density at radius 1 is 1.55 bits per heavy atom. The molecule has 0 saturated carbocycles. The van der Waals surface area contributed by atoms with Crippen molar-refractivity contribution in [2.75, 3.05) is 5.75 Å². The molecule has 1 aliphatic rings. The normalized spacial score (nSPS) is 21.9. The van der Waals surface area contributed by atoms with Crippen LogP contribution in [-0.4, -0.2) is 49.2 Å². The zero-order chi connectivity index (χ0) is 14.7. The van der Waals surface area contributed by atoms with Crippen molar-refractivity contribution in [3.8, 4) is 0 Å². The summed E-state index contributed by atoms with van der Waals surface area (Å²) in [7, 11) is 0. The third-order valence-corrected chi connectivity index (χ3v) is 4.40. The summed E-state index contributed by atoms with van der Waals surface area (Å²) in [5.74, 6) is -1.11. The van der Waals surface area contributed by atoms with Crippen LogP contribution in [-0.2, 0) is 4.79 Å². The summed E-state index contributed by atoms with van der Waals surface area (Å²) >= 11 is 1.46. The van der Waals surface area contributed by atoms with Gasteiger partial charge < -0.3 is 10.0 Å². The number of H-pyrrole nitrogens is 1. The minimum atomic E-state index is -1.02. The number of amides is 1. The van der Waals surface area contributed by atoms with Crippen molar-refractivity contribution in [2.45, 2.75) is 31.2 Å². The van der Waals surface area contributed by atoms with Gasteiger partial charge >= 0.3 is 5.97 Å². The number of aliphatic carboxylic acids is 1. The number of hydrogen-bond acceptors (Lipinski definition) is 5. The molecular formula is C12H15N3O4S. The molecule has 7 nitrogen and oxygen atoms in total. The number of thioether (sulfide) groups is 1. The first kappa shape index (κ1) is 14.6. The van der Waals surface area contributed by atoms with Gasteiger partial charge in [-0.05, 0) is 12.5 Å². The van der Waals surface area contributed by atoms with E-state index in [-0.39, 0.29) is 11.1 Å². The van der Waals surface area contributed by atoms with Crippen LogP contribution in [0.1, 0.15) is 30.3 Å². The molecule has 20 heavy (non-hydrogen) atoms. The second-order valence-electron chi connectivity index (χ2n) is 4.45. The van der Waals surface area contributed by atoms with Crippen molar-refractivity contribution in [2.24, 2.45) is 0 Å². The third-order valence-electron chi connectivity index (χ3n) is 3.05. The van der Waals surface area contributed by atoms with Gasteiger partial charge in [0, 0.05) is 11.8 Å². The maximum atomic E-state index is 12.4. The Balaban J connectivity index is 2.29. The number of aromatic nitrogens is 2. The van der Waals surface area contributed by atoms with E-state index in [1.54, 1.807) is 0 Å². The zero-order valence-electron chi connectivity index (χ0n) is 10.9. The highest BCUT2D eigenvalue weighted by Gasteiger charge is 2.41. The van der Waals surface area contributed by atoms with Crippen LogP contribution in [0.15, 0.2) is 16.9 Å². The predicted molar refractivity (Wildman–Crippen MR) is 73.6 cm³/mol. The first-order valence-electron chi connectivity index (χ1n) is 6.27. The molecule has 1 fully saturated rings. The lowest BCUT2D eigenvalue weighted by atomic mass is 10.2. The summed E-state index contributed by atoms with van der Waals surface area (Å²) in [6.07, 6.45) is 1.58. The van der Waals surface area contributed by atoms with Crippen molar-refractivity contribution in [3.63, 3.8) is 0 Å². The van der Waals surface area contributed by atoms with Crippen LogP contribution in [0.25, 0.3) is 0 Å². The molecule has 1 aromatic heterocycles. The van der Waals surface area contributed by atoms with Gasteiger partial charge in [-0.15, -0.1) is 11.8 Å². The Bertz CT molecular complexity index is 554. The molecular weight excluding hydrogens is 282 g/mol. The zero-order valence-corrected chi connectivity index (χ0v) is 11.7. The summed E-state index contributed by atoms with van der Waals surface area (Å²) < 4.78 is 0. The number of carboxylic acids is 1. The molecule has 0 spiro atoms. The molecule has 0 radical (unpaired) electrons. The van der Waals surface area contributed by atoms with Crippen LogP contribution in [0.3, 0.4) is 0 Å². The Morgan fingerprint density at radius 2 is 2.30 bits per heavy atom. The van der Waals surface area contributed by atoms with Gasteiger partial charge in [-0.3, -0.25) is 9.59 Å². The predicted octanol–water partition coefficient (Wildman–Crippen LogP) is 0.538. The van der Waals surface area contributed by atoms with Crippen LogP contribution in [0.2, 0.25) is 0 Å². The number of nitrogens with one attached hydrogen (secondary N) is 1. The first-order chi connectivity index (χ1) is 9.54. The molecule has 2 N–H and O–H groups in total. The molecule has 2 rings (SSSR count).